The number of methoxy groups -OCH3 is 1. The number of halogens is 1. The third-order valence-electron chi connectivity index (χ3n) is 4.35. The molecule has 1 aliphatic rings. The highest BCUT2D eigenvalue weighted by atomic mass is 79.9. The number of rotatable bonds is 3. The molecule has 0 saturated heterocycles. The summed E-state index contributed by atoms with van der Waals surface area (Å²) in [4.78, 5) is 0. The fourth-order valence-electron chi connectivity index (χ4n) is 3.36. The van der Waals surface area contributed by atoms with E-state index in [9.17, 15) is 0 Å². The SMILES string of the molecule is COc1c(C)cc(Br)c(C)c1C1(CN)CCCC1. The molecule has 0 unspecified atom stereocenters. The van der Waals surface area contributed by atoms with Crippen LogP contribution in [0.1, 0.15) is 42.4 Å². The Kier molecular flexibility index (Phi) is 4.02. The highest BCUT2D eigenvalue weighted by Crippen LogP contribution is 2.48. The molecule has 1 aromatic carbocycles. The summed E-state index contributed by atoms with van der Waals surface area (Å²) in [7, 11) is 1.76. The molecule has 1 aliphatic carbocycles. The quantitative estimate of drug-likeness (QED) is 0.920. The Morgan fingerprint density at radius 2 is 1.94 bits per heavy atom. The molecule has 1 saturated carbocycles. The average Bonchev–Trinajstić information content (AvgIpc) is 2.83. The monoisotopic (exact) mass is 311 g/mol. The molecule has 2 nitrogen and oxygen atoms in total. The van der Waals surface area contributed by atoms with Crippen LogP contribution in [-0.2, 0) is 5.41 Å². The summed E-state index contributed by atoms with van der Waals surface area (Å²) in [6.45, 7) is 4.98. The van der Waals surface area contributed by atoms with E-state index in [1.54, 1.807) is 7.11 Å². The smallest absolute Gasteiger partial charge is 0.125 e. The zero-order valence-corrected chi connectivity index (χ0v) is 13.1. The van der Waals surface area contributed by atoms with Gasteiger partial charge < -0.3 is 10.5 Å². The normalized spacial score (nSPS) is 18.1. The van der Waals surface area contributed by atoms with Crippen molar-refractivity contribution in [3.05, 3.63) is 27.2 Å². The molecular weight excluding hydrogens is 290 g/mol. The Bertz CT molecular complexity index is 450. The van der Waals surface area contributed by atoms with Gasteiger partial charge in [-0.3, -0.25) is 0 Å². The van der Waals surface area contributed by atoms with E-state index < -0.39 is 0 Å². The van der Waals surface area contributed by atoms with E-state index in [2.05, 4.69) is 35.8 Å². The van der Waals surface area contributed by atoms with Crippen LogP contribution in [-0.4, -0.2) is 13.7 Å². The van der Waals surface area contributed by atoms with E-state index in [0.29, 0.717) is 6.54 Å². The zero-order valence-electron chi connectivity index (χ0n) is 11.5. The third kappa shape index (κ3) is 2.08. The van der Waals surface area contributed by atoms with Crippen molar-refractivity contribution < 1.29 is 4.74 Å². The number of benzene rings is 1. The van der Waals surface area contributed by atoms with Crippen LogP contribution in [0.25, 0.3) is 0 Å². The molecule has 0 amide bonds. The largest absolute Gasteiger partial charge is 0.496 e. The van der Waals surface area contributed by atoms with Gasteiger partial charge in [-0.05, 0) is 43.9 Å². The van der Waals surface area contributed by atoms with Gasteiger partial charge in [-0.15, -0.1) is 0 Å². The first kappa shape index (κ1) is 13.9. The van der Waals surface area contributed by atoms with Gasteiger partial charge in [0, 0.05) is 22.0 Å². The van der Waals surface area contributed by atoms with E-state index in [1.165, 1.54) is 42.4 Å². The minimum atomic E-state index is 0.115. The molecule has 0 aliphatic heterocycles. The number of ether oxygens (including phenoxy) is 1. The molecule has 0 atom stereocenters. The molecule has 0 bridgehead atoms. The lowest BCUT2D eigenvalue weighted by Crippen LogP contribution is -2.33. The molecular formula is C15H22BrNO. The van der Waals surface area contributed by atoms with Crippen molar-refractivity contribution in [2.75, 3.05) is 13.7 Å². The van der Waals surface area contributed by atoms with Crippen molar-refractivity contribution in [3.8, 4) is 5.75 Å². The van der Waals surface area contributed by atoms with E-state index >= 15 is 0 Å². The van der Waals surface area contributed by atoms with Gasteiger partial charge in [-0.1, -0.05) is 28.8 Å². The standard InChI is InChI=1S/C15H22BrNO/c1-10-8-12(16)11(2)13(14(10)18-3)15(9-17)6-4-5-7-15/h8H,4-7,9,17H2,1-3H3. The summed E-state index contributed by atoms with van der Waals surface area (Å²) in [6, 6.07) is 2.14. The molecule has 3 heteroatoms. The van der Waals surface area contributed by atoms with Gasteiger partial charge in [-0.25, -0.2) is 0 Å². The number of hydrogen-bond acceptors (Lipinski definition) is 2. The third-order valence-corrected chi connectivity index (χ3v) is 5.17. The lowest BCUT2D eigenvalue weighted by Gasteiger charge is -2.32. The molecule has 18 heavy (non-hydrogen) atoms. The Morgan fingerprint density at radius 1 is 1.33 bits per heavy atom. The molecule has 0 spiro atoms. The van der Waals surface area contributed by atoms with Crippen LogP contribution in [0.3, 0.4) is 0 Å². The average molecular weight is 312 g/mol. The van der Waals surface area contributed by atoms with Crippen LogP contribution < -0.4 is 10.5 Å². The highest BCUT2D eigenvalue weighted by Gasteiger charge is 2.38. The summed E-state index contributed by atoms with van der Waals surface area (Å²) in [6.07, 6.45) is 4.89. The van der Waals surface area contributed by atoms with E-state index in [-0.39, 0.29) is 5.41 Å². The maximum atomic E-state index is 6.12. The second-order valence-corrected chi connectivity index (χ2v) is 6.25. The lowest BCUT2D eigenvalue weighted by molar-refractivity contribution is 0.373. The fourth-order valence-corrected chi connectivity index (χ4v) is 3.90. The van der Waals surface area contributed by atoms with Gasteiger partial charge in [0.1, 0.15) is 5.75 Å². The molecule has 0 heterocycles. The summed E-state index contributed by atoms with van der Waals surface area (Å²) in [5.74, 6) is 1.03. The Hall–Kier alpha value is -0.540. The summed E-state index contributed by atoms with van der Waals surface area (Å²) in [5, 5.41) is 0. The molecule has 1 aromatic rings. The van der Waals surface area contributed by atoms with E-state index in [0.717, 1.165) is 10.2 Å². The highest BCUT2D eigenvalue weighted by molar-refractivity contribution is 9.10. The summed E-state index contributed by atoms with van der Waals surface area (Å²) >= 11 is 3.66. The van der Waals surface area contributed by atoms with Crippen molar-refractivity contribution in [2.24, 2.45) is 5.73 Å². The van der Waals surface area contributed by atoms with E-state index in [4.69, 9.17) is 10.5 Å². The van der Waals surface area contributed by atoms with Crippen molar-refractivity contribution in [1.29, 1.82) is 0 Å². The van der Waals surface area contributed by atoms with Crippen molar-refractivity contribution in [3.63, 3.8) is 0 Å². The lowest BCUT2D eigenvalue weighted by atomic mass is 9.75. The van der Waals surface area contributed by atoms with Crippen LogP contribution >= 0.6 is 15.9 Å². The first-order valence-electron chi connectivity index (χ1n) is 6.60. The van der Waals surface area contributed by atoms with Crippen LogP contribution in [0.15, 0.2) is 10.5 Å². The first-order valence-corrected chi connectivity index (χ1v) is 7.39. The van der Waals surface area contributed by atoms with Gasteiger partial charge >= 0.3 is 0 Å². The molecule has 2 rings (SSSR count). The van der Waals surface area contributed by atoms with Gasteiger partial charge in [0.15, 0.2) is 0 Å². The second kappa shape index (κ2) is 5.22. The predicted molar refractivity (Wildman–Crippen MR) is 79.4 cm³/mol. The first-order chi connectivity index (χ1) is 8.55. The second-order valence-electron chi connectivity index (χ2n) is 5.40. The maximum Gasteiger partial charge on any atom is 0.125 e. The molecule has 100 valence electrons. The number of aryl methyl sites for hydroxylation is 1. The maximum absolute atomic E-state index is 6.12. The fraction of sp³-hybridized carbons (Fsp3) is 0.600. The van der Waals surface area contributed by atoms with Crippen LogP contribution in [0.5, 0.6) is 5.75 Å². The zero-order chi connectivity index (χ0) is 13.3. The van der Waals surface area contributed by atoms with Crippen LogP contribution in [0, 0.1) is 13.8 Å². The Labute approximate surface area is 118 Å². The van der Waals surface area contributed by atoms with Crippen molar-refractivity contribution in [2.45, 2.75) is 44.9 Å². The Balaban J connectivity index is 2.67. The topological polar surface area (TPSA) is 35.2 Å². The number of hydrogen-bond donors (Lipinski definition) is 1. The Morgan fingerprint density at radius 3 is 2.44 bits per heavy atom. The van der Waals surface area contributed by atoms with E-state index in [1.807, 2.05) is 0 Å². The molecule has 0 aromatic heterocycles. The van der Waals surface area contributed by atoms with Gasteiger partial charge in [0.05, 0.1) is 7.11 Å². The van der Waals surface area contributed by atoms with Gasteiger partial charge in [0.25, 0.3) is 0 Å². The molecule has 2 N–H and O–H groups in total. The minimum absolute atomic E-state index is 0.115. The summed E-state index contributed by atoms with van der Waals surface area (Å²) < 4.78 is 6.84. The molecule has 1 fully saturated rings. The van der Waals surface area contributed by atoms with Gasteiger partial charge in [0.2, 0.25) is 0 Å². The van der Waals surface area contributed by atoms with Gasteiger partial charge in [-0.2, -0.15) is 0 Å². The van der Waals surface area contributed by atoms with Crippen molar-refractivity contribution in [1.82, 2.24) is 0 Å². The summed E-state index contributed by atoms with van der Waals surface area (Å²) in [5.41, 5.74) is 10.0. The minimum Gasteiger partial charge on any atom is -0.496 e. The van der Waals surface area contributed by atoms with Crippen molar-refractivity contribution >= 4 is 15.9 Å². The van der Waals surface area contributed by atoms with Crippen LogP contribution in [0.4, 0.5) is 0 Å². The molecule has 0 radical (unpaired) electrons. The predicted octanol–water partition coefficient (Wildman–Crippen LogP) is 3.85. The van der Waals surface area contributed by atoms with Crippen LogP contribution in [0.2, 0.25) is 0 Å². The number of nitrogens with two attached hydrogens (primary N) is 1.